The van der Waals surface area contributed by atoms with Gasteiger partial charge in [-0.05, 0) is 19.1 Å². The third-order valence-corrected chi connectivity index (χ3v) is 2.16. The maximum Gasteiger partial charge on any atom is 0.195 e. The maximum atomic E-state index is 12.0. The van der Waals surface area contributed by atoms with Gasteiger partial charge in [0.2, 0.25) is 0 Å². The molecule has 0 aliphatic rings. The van der Waals surface area contributed by atoms with E-state index in [0.29, 0.717) is 16.8 Å². The number of nitrogens with two attached hydrogens (primary N) is 1. The van der Waals surface area contributed by atoms with Gasteiger partial charge in [-0.3, -0.25) is 4.79 Å². The second kappa shape index (κ2) is 5.71. The number of anilines is 1. The van der Waals surface area contributed by atoms with Crippen LogP contribution in [-0.2, 0) is 0 Å². The average Bonchev–Trinajstić information content (AvgIpc) is 2.30. The van der Waals surface area contributed by atoms with Crippen LogP contribution in [0.15, 0.2) is 60.7 Å². The summed E-state index contributed by atoms with van der Waals surface area (Å²) < 4.78 is 0. The third-order valence-electron chi connectivity index (χ3n) is 2.16. The number of hydrogen-bond donors (Lipinski definition) is 1. The quantitative estimate of drug-likeness (QED) is 0.361. The molecule has 0 heterocycles. The van der Waals surface area contributed by atoms with Gasteiger partial charge in [-0.15, -0.1) is 0 Å². The lowest BCUT2D eigenvalue weighted by Gasteiger charge is -2.04. The Kier molecular flexibility index (Phi) is 4.28. The first-order chi connectivity index (χ1) is 7.70. The van der Waals surface area contributed by atoms with E-state index >= 15 is 0 Å². The van der Waals surface area contributed by atoms with Crippen LogP contribution in [0, 0.1) is 0 Å². The minimum absolute atomic E-state index is 0.105. The highest BCUT2D eigenvalue weighted by atomic mass is 16.1. The summed E-state index contributed by atoms with van der Waals surface area (Å²) in [5, 5.41) is 0. The lowest BCUT2D eigenvalue weighted by molar-refractivity contribution is 0.103. The molecule has 0 aliphatic carbocycles. The third kappa shape index (κ3) is 2.70. The average molecular weight is 213 g/mol. The molecule has 0 fully saturated rings. The molecule has 2 heteroatoms. The lowest BCUT2D eigenvalue weighted by Crippen LogP contribution is -2.05. The molecule has 0 unspecified atom stereocenters. The van der Waals surface area contributed by atoms with E-state index in [1.165, 1.54) is 6.08 Å². The molecule has 2 nitrogen and oxygen atoms in total. The number of hydrogen-bond acceptors (Lipinski definition) is 2. The number of rotatable bonds is 4. The van der Waals surface area contributed by atoms with Gasteiger partial charge in [0.15, 0.2) is 5.78 Å². The summed E-state index contributed by atoms with van der Waals surface area (Å²) in [6.07, 6.45) is 6.91. The molecule has 16 heavy (non-hydrogen) atoms. The highest BCUT2D eigenvalue weighted by Crippen LogP contribution is 2.16. The van der Waals surface area contributed by atoms with Gasteiger partial charge in [0.1, 0.15) is 0 Å². The normalized spacial score (nSPS) is 11.7. The van der Waals surface area contributed by atoms with Crippen molar-refractivity contribution in [2.75, 3.05) is 5.73 Å². The first-order valence-corrected chi connectivity index (χ1v) is 5.05. The maximum absolute atomic E-state index is 12.0. The molecule has 0 atom stereocenters. The van der Waals surface area contributed by atoms with E-state index in [2.05, 4.69) is 6.58 Å². The van der Waals surface area contributed by atoms with Crippen LogP contribution in [0.3, 0.4) is 0 Å². The molecule has 0 saturated heterocycles. The molecule has 1 rings (SSSR count). The van der Waals surface area contributed by atoms with E-state index < -0.39 is 0 Å². The Morgan fingerprint density at radius 3 is 2.62 bits per heavy atom. The zero-order valence-electron chi connectivity index (χ0n) is 9.31. The van der Waals surface area contributed by atoms with Gasteiger partial charge in [0.05, 0.1) is 0 Å². The van der Waals surface area contributed by atoms with Crippen LogP contribution in [0.1, 0.15) is 17.3 Å². The number of carbonyl (C=O) groups is 1. The summed E-state index contributed by atoms with van der Waals surface area (Å²) in [7, 11) is 0. The van der Waals surface area contributed by atoms with E-state index in [9.17, 15) is 4.79 Å². The van der Waals surface area contributed by atoms with E-state index in [1.54, 1.807) is 36.4 Å². The molecular formula is C14H15NO. The zero-order chi connectivity index (χ0) is 12.0. The Balaban J connectivity index is 3.10. The van der Waals surface area contributed by atoms with E-state index in [1.807, 2.05) is 13.0 Å². The largest absolute Gasteiger partial charge is 0.398 e. The Labute approximate surface area is 95.8 Å². The van der Waals surface area contributed by atoms with Crippen molar-refractivity contribution in [1.29, 1.82) is 0 Å². The van der Waals surface area contributed by atoms with E-state index in [-0.39, 0.29) is 5.78 Å². The second-order valence-electron chi connectivity index (χ2n) is 3.27. The molecule has 82 valence electrons. The summed E-state index contributed by atoms with van der Waals surface area (Å²) in [5.74, 6) is -0.105. The van der Waals surface area contributed by atoms with Crippen molar-refractivity contribution in [3.63, 3.8) is 0 Å². The number of ketones is 1. The number of Topliss-reactive ketones (excluding diaryl/α,β-unsaturated/α-hetero) is 1. The predicted molar refractivity (Wildman–Crippen MR) is 68.3 cm³/mol. The number of nitrogen functional groups attached to an aromatic ring is 1. The summed E-state index contributed by atoms with van der Waals surface area (Å²) in [5.41, 5.74) is 7.28. The van der Waals surface area contributed by atoms with Crippen molar-refractivity contribution >= 4 is 11.5 Å². The van der Waals surface area contributed by atoms with E-state index in [0.717, 1.165) is 0 Å². The monoisotopic (exact) mass is 213 g/mol. The van der Waals surface area contributed by atoms with Crippen LogP contribution in [0.5, 0.6) is 0 Å². The fourth-order valence-electron chi connectivity index (χ4n) is 1.30. The lowest BCUT2D eigenvalue weighted by atomic mass is 10.0. The highest BCUT2D eigenvalue weighted by Gasteiger charge is 2.11. The van der Waals surface area contributed by atoms with Crippen LogP contribution in [0.4, 0.5) is 5.69 Å². The summed E-state index contributed by atoms with van der Waals surface area (Å²) in [4.78, 5) is 12.0. The van der Waals surface area contributed by atoms with Crippen molar-refractivity contribution in [2.45, 2.75) is 6.92 Å². The summed E-state index contributed by atoms with van der Waals surface area (Å²) in [6.45, 7) is 5.51. The van der Waals surface area contributed by atoms with Crippen molar-refractivity contribution < 1.29 is 4.79 Å². The van der Waals surface area contributed by atoms with Gasteiger partial charge in [-0.1, -0.05) is 43.0 Å². The second-order valence-corrected chi connectivity index (χ2v) is 3.27. The molecule has 1 aromatic carbocycles. The van der Waals surface area contributed by atoms with Crippen LogP contribution in [0.2, 0.25) is 0 Å². The molecule has 0 radical (unpaired) electrons. The minimum Gasteiger partial charge on any atom is -0.398 e. The van der Waals surface area contributed by atoms with Gasteiger partial charge in [0.25, 0.3) is 0 Å². The van der Waals surface area contributed by atoms with Gasteiger partial charge in [0, 0.05) is 16.8 Å². The van der Waals surface area contributed by atoms with Crippen molar-refractivity contribution in [2.24, 2.45) is 0 Å². The van der Waals surface area contributed by atoms with Crippen molar-refractivity contribution in [3.05, 3.63) is 66.3 Å². The predicted octanol–water partition coefficient (Wildman–Crippen LogP) is 3.14. The van der Waals surface area contributed by atoms with Gasteiger partial charge in [-0.25, -0.2) is 0 Å². The molecule has 2 N–H and O–H groups in total. The van der Waals surface area contributed by atoms with Crippen LogP contribution >= 0.6 is 0 Å². The first-order valence-electron chi connectivity index (χ1n) is 5.05. The Bertz CT molecular complexity index is 456. The fourth-order valence-corrected chi connectivity index (χ4v) is 1.30. The van der Waals surface area contributed by atoms with Crippen LogP contribution in [0.25, 0.3) is 0 Å². The molecular weight excluding hydrogens is 198 g/mol. The van der Waals surface area contributed by atoms with Crippen molar-refractivity contribution in [1.82, 2.24) is 0 Å². The number of allylic oxidation sites excluding steroid dienone is 5. The van der Waals surface area contributed by atoms with Crippen LogP contribution < -0.4 is 5.73 Å². The molecule has 0 amide bonds. The molecule has 0 aliphatic heterocycles. The van der Waals surface area contributed by atoms with E-state index in [4.69, 9.17) is 5.73 Å². The summed E-state index contributed by atoms with van der Waals surface area (Å²) >= 11 is 0. The van der Waals surface area contributed by atoms with Crippen molar-refractivity contribution in [3.8, 4) is 0 Å². The number of para-hydroxylation sites is 1. The summed E-state index contributed by atoms with van der Waals surface area (Å²) in [6, 6.07) is 7.02. The smallest absolute Gasteiger partial charge is 0.195 e. The molecule has 0 bridgehead atoms. The fraction of sp³-hybridized carbons (Fsp3) is 0.0714. The Hall–Kier alpha value is -2.09. The zero-order valence-corrected chi connectivity index (χ0v) is 9.31. The molecule has 0 aromatic heterocycles. The van der Waals surface area contributed by atoms with Gasteiger partial charge >= 0.3 is 0 Å². The number of carbonyl (C=O) groups excluding carboxylic acids is 1. The topological polar surface area (TPSA) is 43.1 Å². The van der Waals surface area contributed by atoms with Gasteiger partial charge < -0.3 is 5.73 Å². The molecule has 0 saturated carbocycles. The highest BCUT2D eigenvalue weighted by molar-refractivity contribution is 6.13. The first kappa shape index (κ1) is 12.0. The molecule has 0 spiro atoms. The van der Waals surface area contributed by atoms with Crippen LogP contribution in [-0.4, -0.2) is 5.78 Å². The standard InChI is InChI=1S/C14H15NO/c1-3-5-8-11(4-2)14(16)12-9-6-7-10-13(12)15/h3-10H,2,15H2,1H3/b5-3-,11-8+. The minimum atomic E-state index is -0.105. The van der Waals surface area contributed by atoms with Gasteiger partial charge in [-0.2, -0.15) is 0 Å². The molecule has 1 aromatic rings. The Morgan fingerprint density at radius 2 is 2.06 bits per heavy atom. The number of benzene rings is 1. The SMILES string of the molecule is C=C/C(=C\C=C/C)C(=O)c1ccccc1N. The Morgan fingerprint density at radius 1 is 1.38 bits per heavy atom.